The first-order chi connectivity index (χ1) is 19.8. The maximum absolute atomic E-state index is 14.0. The predicted molar refractivity (Wildman–Crippen MR) is 158 cm³/mol. The van der Waals surface area contributed by atoms with Crippen LogP contribution in [0, 0.1) is 0 Å². The van der Waals surface area contributed by atoms with Crippen molar-refractivity contribution >= 4 is 56.7 Å². The van der Waals surface area contributed by atoms with E-state index in [0.717, 1.165) is 41.1 Å². The summed E-state index contributed by atoms with van der Waals surface area (Å²) in [7, 11) is 0. The van der Waals surface area contributed by atoms with Crippen LogP contribution in [-0.2, 0) is 10.9 Å². The van der Waals surface area contributed by atoms with Crippen LogP contribution in [0.5, 0.6) is 5.88 Å². The lowest BCUT2D eigenvalue weighted by Gasteiger charge is -2.33. The van der Waals surface area contributed by atoms with Crippen molar-refractivity contribution in [3.05, 3.63) is 69.2 Å². The zero-order valence-corrected chi connectivity index (χ0v) is 24.6. The van der Waals surface area contributed by atoms with Gasteiger partial charge in [0.15, 0.2) is 5.13 Å². The second-order valence-corrected chi connectivity index (χ2v) is 12.5. The van der Waals surface area contributed by atoms with Gasteiger partial charge in [-0.1, -0.05) is 35.1 Å². The fourth-order valence-electron chi connectivity index (χ4n) is 4.80. The molecule has 1 fully saturated rings. The van der Waals surface area contributed by atoms with Crippen LogP contribution in [0.1, 0.15) is 55.2 Å². The van der Waals surface area contributed by atoms with Crippen molar-refractivity contribution in [2.24, 2.45) is 0 Å². The van der Waals surface area contributed by atoms with E-state index in [4.69, 9.17) is 16.3 Å². The summed E-state index contributed by atoms with van der Waals surface area (Å²) in [5, 5.41) is 22.0. The third-order valence-corrected chi connectivity index (χ3v) is 8.00. The Morgan fingerprint density at radius 3 is 2.76 bits per heavy atom. The van der Waals surface area contributed by atoms with Gasteiger partial charge in [0.05, 0.1) is 17.3 Å². The Morgan fingerprint density at radius 2 is 2.02 bits per heavy atom. The summed E-state index contributed by atoms with van der Waals surface area (Å²) in [5.74, 6) is -0.307. The summed E-state index contributed by atoms with van der Waals surface area (Å²) in [5.41, 5.74) is 0.0448. The normalized spacial score (nSPS) is 16.6. The number of carbonyl (C=O) groups excluding carboxylic acids is 1. The molecule has 1 aliphatic rings. The highest BCUT2D eigenvalue weighted by molar-refractivity contribution is 7.17. The number of amides is 1. The highest BCUT2D eigenvalue weighted by Crippen LogP contribution is 2.43. The lowest BCUT2D eigenvalue weighted by molar-refractivity contribution is -0.137. The maximum Gasteiger partial charge on any atom is 0.417 e. The van der Waals surface area contributed by atoms with Crippen LogP contribution in [0.4, 0.5) is 23.1 Å². The molecular formula is C29H29ClF3N5O3S. The Bertz CT molecular complexity index is 1640. The molecule has 5 rings (SSSR count). The number of nitrogens with zero attached hydrogens (tertiary/aromatic N) is 3. The number of H-pyrrole nitrogens is 1. The van der Waals surface area contributed by atoms with Gasteiger partial charge in [-0.05, 0) is 75.1 Å². The van der Waals surface area contributed by atoms with Gasteiger partial charge in [-0.15, -0.1) is 0 Å². The molecule has 8 nitrogen and oxygen atoms in total. The largest absolute Gasteiger partial charge is 0.492 e. The number of carbonyl (C=O) groups is 1. The van der Waals surface area contributed by atoms with Crippen molar-refractivity contribution in [3.63, 3.8) is 0 Å². The lowest BCUT2D eigenvalue weighted by Crippen LogP contribution is -2.49. The van der Waals surface area contributed by atoms with E-state index in [1.807, 2.05) is 4.90 Å². The zero-order valence-electron chi connectivity index (χ0n) is 23.1. The zero-order chi connectivity index (χ0) is 30.2. The molecule has 3 heterocycles. The molecule has 0 aliphatic carbocycles. The number of nitrogens with one attached hydrogen (secondary N) is 2. The quantitative estimate of drug-likeness (QED) is 0.200. The molecule has 0 saturated carbocycles. The van der Waals surface area contributed by atoms with Gasteiger partial charge in [0.1, 0.15) is 10.5 Å². The molecule has 1 unspecified atom stereocenters. The van der Waals surface area contributed by atoms with E-state index in [-0.39, 0.29) is 22.5 Å². The van der Waals surface area contributed by atoms with Crippen LogP contribution in [0.2, 0.25) is 5.02 Å². The van der Waals surface area contributed by atoms with Gasteiger partial charge in [0.2, 0.25) is 5.88 Å². The molecule has 0 spiro atoms. The number of aromatic nitrogens is 3. The van der Waals surface area contributed by atoms with Gasteiger partial charge in [0.25, 0.3) is 0 Å². The highest BCUT2D eigenvalue weighted by Gasteiger charge is 2.34. The molecular weight excluding hydrogens is 591 g/mol. The third kappa shape index (κ3) is 6.81. The number of alkyl carbamates (subject to hydrolysis) is 1. The number of rotatable bonds is 5. The first-order valence-electron chi connectivity index (χ1n) is 13.2. The molecule has 222 valence electrons. The van der Waals surface area contributed by atoms with Crippen LogP contribution in [-0.4, -0.2) is 51.1 Å². The molecule has 2 aromatic heterocycles. The summed E-state index contributed by atoms with van der Waals surface area (Å²) in [6, 6.07) is 8.68. The number of benzene rings is 2. The minimum Gasteiger partial charge on any atom is -0.492 e. The number of piperidine rings is 1. The molecule has 13 heteroatoms. The minimum atomic E-state index is -4.65. The van der Waals surface area contributed by atoms with Crippen LogP contribution in [0.15, 0.2) is 42.6 Å². The van der Waals surface area contributed by atoms with Gasteiger partial charge in [-0.25, -0.2) is 4.79 Å². The molecule has 42 heavy (non-hydrogen) atoms. The number of fused-ring (bicyclic) bond motifs is 1. The SMILES string of the molecule is CC(C)(C)OC(=O)NC1CCCN(c2nc(O)c(C(=Cc3ccc(Cl)cc3C(F)(F)F)c3ccc4[nH]ncc4c3)s2)C1. The van der Waals surface area contributed by atoms with Crippen molar-refractivity contribution in [1.29, 1.82) is 0 Å². The average molecular weight is 620 g/mol. The second-order valence-electron chi connectivity index (χ2n) is 11.0. The summed E-state index contributed by atoms with van der Waals surface area (Å²) >= 11 is 7.08. The van der Waals surface area contributed by atoms with E-state index in [1.54, 1.807) is 45.2 Å². The number of hydrogen-bond acceptors (Lipinski definition) is 7. The van der Waals surface area contributed by atoms with Crippen molar-refractivity contribution in [3.8, 4) is 5.88 Å². The first kappa shape index (κ1) is 29.7. The number of anilines is 1. The van der Waals surface area contributed by atoms with Gasteiger partial charge in [-0.2, -0.15) is 23.3 Å². The Balaban J connectivity index is 1.53. The van der Waals surface area contributed by atoms with E-state index in [2.05, 4.69) is 20.5 Å². The highest BCUT2D eigenvalue weighted by atomic mass is 35.5. The second kappa shape index (κ2) is 11.5. The third-order valence-electron chi connectivity index (χ3n) is 6.63. The van der Waals surface area contributed by atoms with Gasteiger partial charge in [0, 0.05) is 35.1 Å². The first-order valence-corrected chi connectivity index (χ1v) is 14.4. The Hall–Kier alpha value is -3.77. The average Bonchev–Trinajstić information content (AvgIpc) is 3.52. The smallest absolute Gasteiger partial charge is 0.417 e. The van der Waals surface area contributed by atoms with Crippen molar-refractivity contribution < 1.29 is 27.8 Å². The molecule has 4 aromatic rings. The molecule has 0 bridgehead atoms. The van der Waals surface area contributed by atoms with Gasteiger partial charge < -0.3 is 20.1 Å². The van der Waals surface area contributed by atoms with Crippen LogP contribution < -0.4 is 10.2 Å². The monoisotopic (exact) mass is 619 g/mol. The van der Waals surface area contributed by atoms with Crippen molar-refractivity contribution in [2.45, 2.75) is 51.4 Å². The summed E-state index contributed by atoms with van der Waals surface area (Å²) in [6.45, 7) is 6.43. The number of aromatic hydroxyl groups is 1. The summed E-state index contributed by atoms with van der Waals surface area (Å²) in [4.78, 5) is 19.0. The number of hydrogen-bond donors (Lipinski definition) is 3. The van der Waals surface area contributed by atoms with E-state index < -0.39 is 23.4 Å². The number of alkyl halides is 3. The number of halogens is 4. The van der Waals surface area contributed by atoms with Crippen LogP contribution >= 0.6 is 22.9 Å². The Morgan fingerprint density at radius 1 is 1.24 bits per heavy atom. The lowest BCUT2D eigenvalue weighted by atomic mass is 9.98. The predicted octanol–water partition coefficient (Wildman–Crippen LogP) is 7.48. The van der Waals surface area contributed by atoms with E-state index in [1.165, 1.54) is 18.2 Å². The molecule has 0 radical (unpaired) electrons. The van der Waals surface area contributed by atoms with Crippen LogP contribution in [0.3, 0.4) is 0 Å². The molecule has 1 atom stereocenters. The van der Waals surface area contributed by atoms with Crippen LogP contribution in [0.25, 0.3) is 22.6 Å². The molecule has 1 amide bonds. The van der Waals surface area contributed by atoms with Gasteiger partial charge >= 0.3 is 12.3 Å². The summed E-state index contributed by atoms with van der Waals surface area (Å²) < 4.78 is 47.4. The standard InChI is InChI=1S/C29H29ClF3N5O3S/c1-28(2,3)41-27(40)35-20-5-4-10-38(15-20)26-36-25(39)24(42-26)21(16-7-9-23-18(11-16)14-34-37-23)12-17-6-8-19(30)13-22(17)29(31,32)33/h6-9,11-14,20,39H,4-5,10,15H2,1-3H3,(H,34,37)(H,35,40). The molecule has 2 aromatic carbocycles. The fourth-order valence-corrected chi connectivity index (χ4v) is 6.01. The number of thiazole rings is 1. The van der Waals surface area contributed by atoms with E-state index >= 15 is 0 Å². The van der Waals surface area contributed by atoms with Gasteiger partial charge in [-0.3, -0.25) is 5.10 Å². The molecule has 3 N–H and O–H groups in total. The molecule has 1 aliphatic heterocycles. The molecule has 1 saturated heterocycles. The van der Waals surface area contributed by atoms with Crippen molar-refractivity contribution in [2.75, 3.05) is 18.0 Å². The number of aromatic amines is 1. The topological polar surface area (TPSA) is 103 Å². The fraction of sp³-hybridized carbons (Fsp3) is 0.345. The van der Waals surface area contributed by atoms with Crippen molar-refractivity contribution in [1.82, 2.24) is 20.5 Å². The number of ether oxygens (including phenoxy) is 1. The Labute approximate surface area is 249 Å². The maximum atomic E-state index is 14.0. The van der Waals surface area contributed by atoms with E-state index in [0.29, 0.717) is 34.2 Å². The summed E-state index contributed by atoms with van der Waals surface area (Å²) in [6.07, 6.45) is -0.659. The van der Waals surface area contributed by atoms with E-state index in [9.17, 15) is 23.1 Å². The Kier molecular flexibility index (Phi) is 8.13. The minimum absolute atomic E-state index is 0.0385.